The molecule has 2 aliphatic rings. The van der Waals surface area contributed by atoms with Crippen LogP contribution in [0.4, 0.5) is 0 Å². The molecule has 3 rings (SSSR count). The Morgan fingerprint density at radius 1 is 1.28 bits per heavy atom. The third-order valence-electron chi connectivity index (χ3n) is 4.90. The molecule has 3 unspecified atom stereocenters. The van der Waals surface area contributed by atoms with Gasteiger partial charge < -0.3 is 5.32 Å². The quantitative estimate of drug-likeness (QED) is 0.797. The van der Waals surface area contributed by atoms with Gasteiger partial charge in [0.2, 0.25) is 0 Å². The largest absolute Gasteiger partial charge is 0.313 e. The Morgan fingerprint density at radius 2 is 2.00 bits per heavy atom. The second-order valence-corrected chi connectivity index (χ2v) is 6.50. The number of hydrogen-bond donors (Lipinski definition) is 1. The van der Waals surface area contributed by atoms with Gasteiger partial charge in [-0.1, -0.05) is 44.2 Å². The zero-order chi connectivity index (χ0) is 12.6. The maximum atomic E-state index is 3.83. The summed E-state index contributed by atoms with van der Waals surface area (Å²) < 4.78 is 0. The van der Waals surface area contributed by atoms with Crippen molar-refractivity contribution in [2.24, 2.45) is 11.3 Å². The summed E-state index contributed by atoms with van der Waals surface area (Å²) in [7, 11) is 0. The lowest BCUT2D eigenvalue weighted by Gasteiger charge is -2.25. The van der Waals surface area contributed by atoms with Gasteiger partial charge in [-0.25, -0.2) is 0 Å². The van der Waals surface area contributed by atoms with Crippen molar-refractivity contribution in [1.29, 1.82) is 0 Å². The van der Waals surface area contributed by atoms with Crippen molar-refractivity contribution in [3.8, 4) is 0 Å². The van der Waals surface area contributed by atoms with Crippen molar-refractivity contribution in [2.45, 2.75) is 51.5 Å². The van der Waals surface area contributed by atoms with Crippen LogP contribution in [0.15, 0.2) is 30.3 Å². The van der Waals surface area contributed by atoms with Gasteiger partial charge in [-0.2, -0.15) is 0 Å². The number of rotatable bonds is 6. The molecule has 0 radical (unpaired) electrons. The fourth-order valence-electron chi connectivity index (χ4n) is 3.39. The summed E-state index contributed by atoms with van der Waals surface area (Å²) in [5, 5.41) is 3.83. The Balaban J connectivity index is 1.67. The van der Waals surface area contributed by atoms with E-state index in [4.69, 9.17) is 0 Å². The average Bonchev–Trinajstić information content (AvgIpc) is 3.29. The molecule has 0 aliphatic heterocycles. The van der Waals surface area contributed by atoms with Gasteiger partial charge in [0.15, 0.2) is 0 Å². The molecule has 0 saturated heterocycles. The predicted octanol–water partition coefficient (Wildman–Crippen LogP) is 3.96. The minimum Gasteiger partial charge on any atom is -0.313 e. The minimum absolute atomic E-state index is 0.601. The van der Waals surface area contributed by atoms with E-state index < -0.39 is 0 Å². The molecule has 0 aromatic heterocycles. The lowest BCUT2D eigenvalue weighted by Crippen LogP contribution is -2.39. The molecule has 0 bridgehead atoms. The third kappa shape index (κ3) is 2.33. The summed E-state index contributed by atoms with van der Waals surface area (Å²) in [5.74, 6) is 1.70. The molecule has 18 heavy (non-hydrogen) atoms. The molecule has 2 aliphatic carbocycles. The van der Waals surface area contributed by atoms with Gasteiger partial charge in [0.05, 0.1) is 0 Å². The van der Waals surface area contributed by atoms with Crippen molar-refractivity contribution in [1.82, 2.24) is 5.32 Å². The molecule has 0 spiro atoms. The van der Waals surface area contributed by atoms with Crippen molar-refractivity contribution in [3.63, 3.8) is 0 Å². The van der Waals surface area contributed by atoms with Gasteiger partial charge in [-0.05, 0) is 55.0 Å². The van der Waals surface area contributed by atoms with Crippen molar-refractivity contribution in [3.05, 3.63) is 35.9 Å². The van der Waals surface area contributed by atoms with E-state index in [1.54, 1.807) is 5.56 Å². The van der Waals surface area contributed by atoms with E-state index >= 15 is 0 Å². The molecule has 1 aromatic carbocycles. The molecule has 0 amide bonds. The summed E-state index contributed by atoms with van der Waals surface area (Å²) in [6.07, 6.45) is 5.48. The standard InChI is InChI=1S/C17H25N/c1-3-11-18-16(17(2)9-10-17)15-12-14(15)13-7-5-4-6-8-13/h4-8,14-16,18H,3,9-12H2,1-2H3. The molecule has 0 heterocycles. The highest BCUT2D eigenvalue weighted by Crippen LogP contribution is 2.59. The Labute approximate surface area is 111 Å². The highest BCUT2D eigenvalue weighted by atomic mass is 15.0. The SMILES string of the molecule is CCCNC(C1CC1c1ccccc1)C1(C)CC1. The van der Waals surface area contributed by atoms with E-state index in [0.717, 1.165) is 17.9 Å². The summed E-state index contributed by atoms with van der Waals surface area (Å²) >= 11 is 0. The van der Waals surface area contributed by atoms with E-state index in [9.17, 15) is 0 Å². The van der Waals surface area contributed by atoms with E-state index in [1.165, 1.54) is 32.2 Å². The first kappa shape index (κ1) is 12.2. The molecule has 1 nitrogen and oxygen atoms in total. The van der Waals surface area contributed by atoms with Gasteiger partial charge in [0, 0.05) is 6.04 Å². The molecule has 2 fully saturated rings. The van der Waals surface area contributed by atoms with Crippen LogP contribution in [0.3, 0.4) is 0 Å². The zero-order valence-corrected chi connectivity index (χ0v) is 11.7. The van der Waals surface area contributed by atoms with Crippen LogP contribution >= 0.6 is 0 Å². The van der Waals surface area contributed by atoms with Crippen LogP contribution in [0.25, 0.3) is 0 Å². The first-order valence-corrected chi connectivity index (χ1v) is 7.53. The number of benzene rings is 1. The molecule has 2 saturated carbocycles. The summed E-state index contributed by atoms with van der Waals surface area (Å²) in [6.45, 7) is 5.92. The Kier molecular flexibility index (Phi) is 3.19. The maximum Gasteiger partial charge on any atom is 0.0155 e. The lowest BCUT2D eigenvalue weighted by atomic mass is 9.92. The molecule has 98 valence electrons. The predicted molar refractivity (Wildman–Crippen MR) is 76.7 cm³/mol. The fraction of sp³-hybridized carbons (Fsp3) is 0.647. The van der Waals surface area contributed by atoms with Crippen LogP contribution in [0.1, 0.15) is 51.0 Å². The molecule has 1 N–H and O–H groups in total. The topological polar surface area (TPSA) is 12.0 Å². The van der Waals surface area contributed by atoms with Crippen molar-refractivity contribution < 1.29 is 0 Å². The Hall–Kier alpha value is -0.820. The van der Waals surface area contributed by atoms with E-state index in [1.807, 2.05) is 0 Å². The highest BCUT2D eigenvalue weighted by molar-refractivity contribution is 5.28. The minimum atomic E-state index is 0.601. The summed E-state index contributed by atoms with van der Waals surface area (Å²) in [6, 6.07) is 11.8. The van der Waals surface area contributed by atoms with Gasteiger partial charge in [-0.15, -0.1) is 0 Å². The first-order chi connectivity index (χ1) is 8.74. The highest BCUT2D eigenvalue weighted by Gasteiger charge is 2.54. The van der Waals surface area contributed by atoms with Crippen LogP contribution in [-0.2, 0) is 0 Å². The van der Waals surface area contributed by atoms with Gasteiger partial charge in [-0.3, -0.25) is 0 Å². The van der Waals surface area contributed by atoms with Crippen molar-refractivity contribution in [2.75, 3.05) is 6.54 Å². The van der Waals surface area contributed by atoms with E-state index in [2.05, 4.69) is 49.5 Å². The zero-order valence-electron chi connectivity index (χ0n) is 11.7. The van der Waals surface area contributed by atoms with Gasteiger partial charge in [0.25, 0.3) is 0 Å². The normalized spacial score (nSPS) is 29.9. The Bertz CT molecular complexity index is 393. The van der Waals surface area contributed by atoms with Crippen LogP contribution < -0.4 is 5.32 Å². The van der Waals surface area contributed by atoms with Crippen molar-refractivity contribution >= 4 is 0 Å². The molecular formula is C17H25N. The summed E-state index contributed by atoms with van der Waals surface area (Å²) in [5.41, 5.74) is 2.15. The molecule has 1 aromatic rings. The second-order valence-electron chi connectivity index (χ2n) is 6.50. The molecule has 3 atom stereocenters. The lowest BCUT2D eigenvalue weighted by molar-refractivity contribution is 0.317. The Morgan fingerprint density at radius 3 is 2.61 bits per heavy atom. The van der Waals surface area contributed by atoms with Crippen LogP contribution in [0, 0.1) is 11.3 Å². The number of hydrogen-bond acceptors (Lipinski definition) is 1. The average molecular weight is 243 g/mol. The van der Waals surface area contributed by atoms with Crippen LogP contribution in [0.2, 0.25) is 0 Å². The van der Waals surface area contributed by atoms with Crippen LogP contribution in [-0.4, -0.2) is 12.6 Å². The third-order valence-corrected chi connectivity index (χ3v) is 4.90. The monoisotopic (exact) mass is 243 g/mol. The second kappa shape index (κ2) is 4.70. The van der Waals surface area contributed by atoms with E-state index in [0.29, 0.717) is 5.41 Å². The maximum absolute atomic E-state index is 3.83. The molecular weight excluding hydrogens is 218 g/mol. The van der Waals surface area contributed by atoms with Gasteiger partial charge in [0.1, 0.15) is 0 Å². The van der Waals surface area contributed by atoms with Gasteiger partial charge >= 0.3 is 0 Å². The number of nitrogens with one attached hydrogen (secondary N) is 1. The first-order valence-electron chi connectivity index (χ1n) is 7.53. The molecule has 1 heteroatoms. The summed E-state index contributed by atoms with van der Waals surface area (Å²) in [4.78, 5) is 0. The smallest absolute Gasteiger partial charge is 0.0155 e. The fourth-order valence-corrected chi connectivity index (χ4v) is 3.39. The van der Waals surface area contributed by atoms with Crippen LogP contribution in [0.5, 0.6) is 0 Å². The van der Waals surface area contributed by atoms with E-state index in [-0.39, 0.29) is 0 Å².